The van der Waals surface area contributed by atoms with E-state index in [-0.39, 0.29) is 0 Å². The summed E-state index contributed by atoms with van der Waals surface area (Å²) in [5.74, 6) is 0. The molecule has 15 aromatic rings. The molecule has 0 heteroatoms. The first-order chi connectivity index (χ1) is 37.4. The van der Waals surface area contributed by atoms with Crippen LogP contribution in [0, 0.1) is 27.7 Å². The lowest BCUT2D eigenvalue weighted by atomic mass is 9.82. The van der Waals surface area contributed by atoms with Gasteiger partial charge in [-0.3, -0.25) is 0 Å². The molecule has 0 aliphatic heterocycles. The number of hydrogen-bond acceptors (Lipinski definition) is 0. The normalized spacial score (nSPS) is 12.5. The Hall–Kier alpha value is -9.36. The Balaban J connectivity index is 0.939. The third kappa shape index (κ3) is 5.38. The molecule has 17 rings (SSSR count). The lowest BCUT2D eigenvalue weighted by Crippen LogP contribution is -1.94. The van der Waals surface area contributed by atoms with Crippen molar-refractivity contribution >= 4 is 86.2 Å². The zero-order chi connectivity index (χ0) is 50.2. The van der Waals surface area contributed by atoms with E-state index in [0.717, 1.165) is 0 Å². The summed E-state index contributed by atoms with van der Waals surface area (Å²) >= 11 is 0. The molecule has 0 heterocycles. The van der Waals surface area contributed by atoms with Crippen molar-refractivity contribution in [3.05, 3.63) is 241 Å². The van der Waals surface area contributed by atoms with Crippen molar-refractivity contribution in [1.82, 2.24) is 0 Å². The summed E-state index contributed by atoms with van der Waals surface area (Å²) in [4.78, 5) is 0. The summed E-state index contributed by atoms with van der Waals surface area (Å²) in [7, 11) is 0. The molecular weight excluding hydrogens is 913 g/mol. The zero-order valence-corrected chi connectivity index (χ0v) is 42.8. The van der Waals surface area contributed by atoms with Crippen molar-refractivity contribution in [2.45, 2.75) is 27.7 Å². The fraction of sp³-hybridized carbons (Fsp3) is 0.0526. The minimum atomic E-state index is 1.28. The molecule has 0 amide bonds. The second-order valence-corrected chi connectivity index (χ2v) is 21.9. The topological polar surface area (TPSA) is 0 Å². The highest BCUT2D eigenvalue weighted by molar-refractivity contribution is 6.41. The van der Waals surface area contributed by atoms with Gasteiger partial charge in [-0.2, -0.15) is 0 Å². The van der Waals surface area contributed by atoms with Crippen molar-refractivity contribution in [3.8, 4) is 89.0 Å². The predicted molar refractivity (Wildman–Crippen MR) is 327 cm³/mol. The van der Waals surface area contributed by atoms with Crippen molar-refractivity contribution in [2.75, 3.05) is 0 Å². The highest BCUT2D eigenvalue weighted by Gasteiger charge is 2.31. The van der Waals surface area contributed by atoms with Crippen LogP contribution < -0.4 is 0 Å². The van der Waals surface area contributed by atoms with E-state index in [4.69, 9.17) is 0 Å². The molecule has 0 nitrogen and oxygen atoms in total. The summed E-state index contributed by atoms with van der Waals surface area (Å²) in [5.41, 5.74) is 26.1. The van der Waals surface area contributed by atoms with Crippen LogP contribution in [0.3, 0.4) is 0 Å². The summed E-state index contributed by atoms with van der Waals surface area (Å²) in [6.07, 6.45) is 0. The molecule has 0 unspecified atom stereocenters. The van der Waals surface area contributed by atoms with E-state index in [2.05, 4.69) is 246 Å². The van der Waals surface area contributed by atoms with Gasteiger partial charge >= 0.3 is 0 Å². The maximum Gasteiger partial charge on any atom is -0.00139 e. The summed E-state index contributed by atoms with van der Waals surface area (Å²) in [6.45, 7) is 9.04. The molecule has 0 saturated heterocycles. The van der Waals surface area contributed by atoms with Crippen LogP contribution >= 0.6 is 0 Å². The Morgan fingerprint density at radius 1 is 0.158 bits per heavy atom. The minimum Gasteiger partial charge on any atom is -0.0620 e. The van der Waals surface area contributed by atoms with Gasteiger partial charge in [0.2, 0.25) is 0 Å². The lowest BCUT2D eigenvalue weighted by Gasteiger charge is -2.21. The Labute approximate surface area is 441 Å². The maximum atomic E-state index is 2.55. The van der Waals surface area contributed by atoms with Gasteiger partial charge in [-0.25, -0.2) is 0 Å². The molecular formula is C76H48. The van der Waals surface area contributed by atoms with E-state index in [0.29, 0.717) is 0 Å². The molecule has 0 saturated carbocycles. The van der Waals surface area contributed by atoms with E-state index < -0.39 is 0 Å². The minimum absolute atomic E-state index is 1.28. The molecule has 2 aliphatic carbocycles. The van der Waals surface area contributed by atoms with E-state index >= 15 is 0 Å². The Kier molecular flexibility index (Phi) is 8.37. The first-order valence-corrected chi connectivity index (χ1v) is 26.9. The van der Waals surface area contributed by atoms with Gasteiger partial charge in [0.15, 0.2) is 0 Å². The number of aryl methyl sites for hydroxylation is 4. The van der Waals surface area contributed by atoms with Crippen LogP contribution in [0.25, 0.3) is 175 Å². The second-order valence-electron chi connectivity index (χ2n) is 21.9. The number of fused-ring (bicyclic) bond motifs is 12. The van der Waals surface area contributed by atoms with Gasteiger partial charge in [-0.05, 0) is 249 Å². The van der Waals surface area contributed by atoms with E-state index in [1.165, 1.54) is 197 Å². The molecule has 2 aliphatic rings. The van der Waals surface area contributed by atoms with E-state index in [9.17, 15) is 0 Å². The third-order valence-electron chi connectivity index (χ3n) is 18.0. The van der Waals surface area contributed by atoms with Gasteiger partial charge in [0.05, 0.1) is 0 Å². The average Bonchev–Trinajstić information content (AvgIpc) is 4.17. The van der Waals surface area contributed by atoms with Crippen molar-refractivity contribution in [2.24, 2.45) is 0 Å². The van der Waals surface area contributed by atoms with Crippen molar-refractivity contribution < 1.29 is 0 Å². The molecule has 0 bridgehead atoms. The zero-order valence-electron chi connectivity index (χ0n) is 42.8. The molecule has 0 spiro atoms. The van der Waals surface area contributed by atoms with Crippen LogP contribution in [-0.2, 0) is 0 Å². The van der Waals surface area contributed by atoms with E-state index in [1.54, 1.807) is 0 Å². The molecule has 0 radical (unpaired) electrons. The number of benzene rings is 15. The van der Waals surface area contributed by atoms with Crippen LogP contribution in [0.5, 0.6) is 0 Å². The molecule has 0 atom stereocenters. The first-order valence-electron chi connectivity index (χ1n) is 26.9. The number of hydrogen-bond donors (Lipinski definition) is 0. The SMILES string of the molecule is Cc1ccccc1-c1c2ccccc2c(-c2ccccc2C)c2cc3c(cc12)-c1ccc2c4ccc5c6c(ccc(c7ccc-3c1c27)c64)-c1cc2c(-c3ccccc3C)c3ccccc3c(-c3ccccc3C)c2cc1-5. The largest absolute Gasteiger partial charge is 0.0620 e. The van der Waals surface area contributed by atoms with Gasteiger partial charge in [0.1, 0.15) is 0 Å². The second kappa shape index (κ2) is 15.1. The quantitative estimate of drug-likeness (QED) is 0.122. The fourth-order valence-electron chi connectivity index (χ4n) is 14.7. The van der Waals surface area contributed by atoms with Crippen LogP contribution in [0.4, 0.5) is 0 Å². The maximum absolute atomic E-state index is 2.55. The highest BCUT2D eigenvalue weighted by Crippen LogP contribution is 2.59. The first kappa shape index (κ1) is 42.0. The summed E-state index contributed by atoms with van der Waals surface area (Å²) < 4.78 is 0. The fourth-order valence-corrected chi connectivity index (χ4v) is 14.7. The smallest absolute Gasteiger partial charge is 0.00139 e. The Morgan fingerprint density at radius 3 is 0.618 bits per heavy atom. The van der Waals surface area contributed by atoms with Crippen LogP contribution in [0.2, 0.25) is 0 Å². The molecule has 0 fully saturated rings. The Morgan fingerprint density at radius 2 is 0.382 bits per heavy atom. The molecule has 76 heavy (non-hydrogen) atoms. The molecule has 352 valence electrons. The van der Waals surface area contributed by atoms with Crippen LogP contribution in [0.1, 0.15) is 22.3 Å². The standard InChI is InChI=1S/C76H48/c1-41-17-5-9-21-45(41)69-49-25-13-14-26-50(49)70(46-22-10-6-18-42(46)2)66-38-62-58-34-30-54-56-32-36-60-64-40-68-67(71(47-23-11-7-19-43(47)3)51-27-15-16-28-52(51)72(68)48-24-12-8-20-44(48)4)39-63(64)59-35-31-55(74(56)76(59)60)53-29-33-57(75(58)73(53)54)61(62)37-65(66)69/h5-40H,1-4H3. The predicted octanol–water partition coefficient (Wildman–Crippen LogP) is 21.5. The molecule has 15 aromatic carbocycles. The average molecular weight is 961 g/mol. The molecule has 0 N–H and O–H groups in total. The van der Waals surface area contributed by atoms with Gasteiger partial charge in [0, 0.05) is 0 Å². The summed E-state index contributed by atoms with van der Waals surface area (Å²) in [5, 5.41) is 21.1. The van der Waals surface area contributed by atoms with Crippen molar-refractivity contribution in [1.29, 1.82) is 0 Å². The third-order valence-corrected chi connectivity index (χ3v) is 18.0. The van der Waals surface area contributed by atoms with Crippen LogP contribution in [0.15, 0.2) is 218 Å². The number of rotatable bonds is 4. The van der Waals surface area contributed by atoms with Gasteiger partial charge in [-0.1, -0.05) is 194 Å². The van der Waals surface area contributed by atoms with E-state index in [1.807, 2.05) is 0 Å². The van der Waals surface area contributed by atoms with Crippen molar-refractivity contribution in [3.63, 3.8) is 0 Å². The Bertz CT molecular complexity index is 4500. The molecule has 0 aromatic heterocycles. The summed E-state index contributed by atoms with van der Waals surface area (Å²) in [6, 6.07) is 83.7. The lowest BCUT2D eigenvalue weighted by molar-refractivity contribution is 1.47. The van der Waals surface area contributed by atoms with Gasteiger partial charge in [-0.15, -0.1) is 0 Å². The van der Waals surface area contributed by atoms with Crippen LogP contribution in [-0.4, -0.2) is 0 Å². The van der Waals surface area contributed by atoms with Gasteiger partial charge < -0.3 is 0 Å². The highest BCUT2D eigenvalue weighted by atomic mass is 14.3. The monoisotopic (exact) mass is 960 g/mol. The van der Waals surface area contributed by atoms with Gasteiger partial charge in [0.25, 0.3) is 0 Å².